The largest absolute Gasteiger partial charge is 0.496 e. The Bertz CT molecular complexity index is 641. The molecule has 0 aliphatic heterocycles. The number of aliphatic hydroxyl groups excluding tert-OH is 1. The van der Waals surface area contributed by atoms with Gasteiger partial charge in [-0.3, -0.25) is 4.68 Å². The maximum atomic E-state index is 8.74. The summed E-state index contributed by atoms with van der Waals surface area (Å²) in [5.74, 6) is 7.18. The number of thioether (sulfide) groups is 1. The lowest BCUT2D eigenvalue weighted by molar-refractivity contribution is 0.350. The van der Waals surface area contributed by atoms with Crippen molar-refractivity contribution < 1.29 is 9.84 Å². The summed E-state index contributed by atoms with van der Waals surface area (Å²) in [5, 5.41) is 12.9. The van der Waals surface area contributed by atoms with Crippen molar-refractivity contribution in [2.24, 2.45) is 7.05 Å². The molecule has 4 nitrogen and oxygen atoms in total. The van der Waals surface area contributed by atoms with Crippen molar-refractivity contribution in [1.82, 2.24) is 9.78 Å². The molecular weight excluding hydrogens is 272 g/mol. The summed E-state index contributed by atoms with van der Waals surface area (Å²) in [6, 6.07) is 5.78. The number of aryl methyl sites for hydroxylation is 1. The Morgan fingerprint density at radius 2 is 2.30 bits per heavy atom. The van der Waals surface area contributed by atoms with Gasteiger partial charge in [-0.25, -0.2) is 0 Å². The van der Waals surface area contributed by atoms with Crippen molar-refractivity contribution in [3.63, 3.8) is 0 Å². The van der Waals surface area contributed by atoms with Gasteiger partial charge >= 0.3 is 0 Å². The highest BCUT2D eigenvalue weighted by Crippen LogP contribution is 2.28. The first-order valence-electron chi connectivity index (χ1n) is 6.11. The quantitative estimate of drug-likeness (QED) is 0.691. The molecule has 0 aliphatic rings. The Morgan fingerprint density at radius 1 is 1.45 bits per heavy atom. The van der Waals surface area contributed by atoms with Crippen molar-refractivity contribution >= 4 is 11.8 Å². The third-order valence-corrected chi connectivity index (χ3v) is 3.67. The smallest absolute Gasteiger partial charge is 0.122 e. The second-order valence-corrected chi connectivity index (χ2v) is 5.17. The summed E-state index contributed by atoms with van der Waals surface area (Å²) in [6.45, 7) is -0.133. The molecule has 0 aliphatic carbocycles. The Kier molecular flexibility index (Phi) is 5.10. The molecule has 2 aromatic rings. The van der Waals surface area contributed by atoms with Crippen LogP contribution in [-0.2, 0) is 12.8 Å². The van der Waals surface area contributed by atoms with Crippen LogP contribution in [0.3, 0.4) is 0 Å². The van der Waals surface area contributed by atoms with Crippen molar-refractivity contribution in [3.8, 4) is 17.6 Å². The lowest BCUT2D eigenvalue weighted by atomic mass is 10.1. The second-order valence-electron chi connectivity index (χ2n) is 4.12. The molecule has 0 bridgehead atoms. The first-order chi connectivity index (χ1) is 9.72. The van der Waals surface area contributed by atoms with E-state index in [0.29, 0.717) is 0 Å². The van der Waals surface area contributed by atoms with Crippen molar-refractivity contribution in [3.05, 3.63) is 41.7 Å². The molecule has 1 N–H and O–H groups in total. The summed E-state index contributed by atoms with van der Waals surface area (Å²) >= 11 is 1.70. The molecule has 5 heteroatoms. The minimum Gasteiger partial charge on any atom is -0.496 e. The maximum absolute atomic E-state index is 8.74. The van der Waals surface area contributed by atoms with Gasteiger partial charge in [-0.1, -0.05) is 11.8 Å². The summed E-state index contributed by atoms with van der Waals surface area (Å²) < 4.78 is 7.15. The molecule has 0 radical (unpaired) electrons. The zero-order valence-electron chi connectivity index (χ0n) is 11.5. The highest BCUT2D eigenvalue weighted by Gasteiger charge is 2.06. The lowest BCUT2D eigenvalue weighted by Gasteiger charge is -2.08. The summed E-state index contributed by atoms with van der Waals surface area (Å²) in [6.07, 6.45) is 3.82. The molecular formula is C15H16N2O2S. The van der Waals surface area contributed by atoms with Crippen LogP contribution in [0, 0.1) is 11.8 Å². The van der Waals surface area contributed by atoms with Gasteiger partial charge in [0.25, 0.3) is 0 Å². The van der Waals surface area contributed by atoms with Gasteiger partial charge < -0.3 is 9.84 Å². The molecule has 0 spiro atoms. The molecule has 0 atom stereocenters. The number of rotatable bonds is 4. The van der Waals surface area contributed by atoms with Gasteiger partial charge in [-0.2, -0.15) is 5.10 Å². The third kappa shape index (κ3) is 3.80. The maximum Gasteiger partial charge on any atom is 0.122 e. The van der Waals surface area contributed by atoms with Crippen LogP contribution in [0.2, 0.25) is 0 Å². The molecule has 0 fully saturated rings. The normalized spacial score (nSPS) is 9.95. The highest BCUT2D eigenvalue weighted by atomic mass is 32.2. The fourth-order valence-electron chi connectivity index (χ4n) is 1.75. The third-order valence-electron chi connectivity index (χ3n) is 2.67. The fraction of sp³-hybridized carbons (Fsp3) is 0.267. The molecule has 2 rings (SSSR count). The Balaban J connectivity index is 2.15. The molecule has 20 heavy (non-hydrogen) atoms. The van der Waals surface area contributed by atoms with E-state index in [0.717, 1.165) is 27.5 Å². The minimum atomic E-state index is -0.133. The lowest BCUT2D eigenvalue weighted by Crippen LogP contribution is -1.91. The molecule has 0 unspecified atom stereocenters. The van der Waals surface area contributed by atoms with E-state index in [-0.39, 0.29) is 6.61 Å². The number of benzene rings is 1. The van der Waals surface area contributed by atoms with E-state index in [4.69, 9.17) is 9.84 Å². The van der Waals surface area contributed by atoms with Crippen molar-refractivity contribution in [2.45, 2.75) is 10.6 Å². The standard InChI is InChI=1S/C15H16N2O2S/c1-17-10-14(9-16-17)20-11-13-8-12(4-3-7-18)5-6-15(13)19-2/h5-6,8-10,18H,7,11H2,1-2H3. The number of nitrogens with zero attached hydrogens (tertiary/aromatic N) is 2. The number of aromatic nitrogens is 2. The first-order valence-corrected chi connectivity index (χ1v) is 7.09. The van der Waals surface area contributed by atoms with E-state index in [2.05, 4.69) is 16.9 Å². The van der Waals surface area contributed by atoms with E-state index < -0.39 is 0 Å². The number of hydrogen-bond acceptors (Lipinski definition) is 4. The molecule has 1 aromatic carbocycles. The molecule has 0 amide bonds. The van der Waals surface area contributed by atoms with E-state index in [1.165, 1.54) is 0 Å². The van der Waals surface area contributed by atoms with E-state index in [1.54, 1.807) is 23.6 Å². The van der Waals surface area contributed by atoms with Gasteiger partial charge in [0.15, 0.2) is 0 Å². The zero-order valence-corrected chi connectivity index (χ0v) is 12.3. The van der Waals surface area contributed by atoms with E-state index in [1.807, 2.05) is 37.6 Å². The summed E-state index contributed by atoms with van der Waals surface area (Å²) in [7, 11) is 3.56. The van der Waals surface area contributed by atoms with Crippen LogP contribution in [0.25, 0.3) is 0 Å². The van der Waals surface area contributed by atoms with Gasteiger partial charge in [0.05, 0.1) is 13.3 Å². The van der Waals surface area contributed by atoms with Crippen LogP contribution < -0.4 is 4.74 Å². The minimum absolute atomic E-state index is 0.133. The molecule has 1 aromatic heterocycles. The van der Waals surface area contributed by atoms with Crippen LogP contribution in [0.4, 0.5) is 0 Å². The number of aliphatic hydroxyl groups is 1. The molecule has 0 saturated carbocycles. The van der Waals surface area contributed by atoms with Crippen molar-refractivity contribution in [2.75, 3.05) is 13.7 Å². The van der Waals surface area contributed by atoms with Crippen LogP contribution in [0.15, 0.2) is 35.5 Å². The Hall–Kier alpha value is -1.90. The van der Waals surface area contributed by atoms with Crippen molar-refractivity contribution in [1.29, 1.82) is 0 Å². The number of hydrogen-bond donors (Lipinski definition) is 1. The van der Waals surface area contributed by atoms with E-state index in [9.17, 15) is 0 Å². The Morgan fingerprint density at radius 3 is 2.95 bits per heavy atom. The van der Waals surface area contributed by atoms with Crippen LogP contribution >= 0.6 is 11.8 Å². The average Bonchev–Trinajstić information content (AvgIpc) is 2.88. The van der Waals surface area contributed by atoms with Gasteiger partial charge in [0.2, 0.25) is 0 Å². The van der Waals surface area contributed by atoms with Gasteiger partial charge in [-0.15, -0.1) is 11.8 Å². The predicted molar refractivity (Wildman–Crippen MR) is 79.7 cm³/mol. The van der Waals surface area contributed by atoms with Gasteiger partial charge in [0.1, 0.15) is 12.4 Å². The summed E-state index contributed by atoms with van der Waals surface area (Å²) in [5.41, 5.74) is 1.95. The monoisotopic (exact) mass is 288 g/mol. The van der Waals surface area contributed by atoms with Crippen LogP contribution in [-0.4, -0.2) is 28.6 Å². The number of methoxy groups -OCH3 is 1. The van der Waals surface area contributed by atoms with E-state index >= 15 is 0 Å². The SMILES string of the molecule is COc1ccc(C#CCO)cc1CSc1cnn(C)c1. The fourth-order valence-corrected chi connectivity index (χ4v) is 2.64. The first kappa shape index (κ1) is 14.5. The number of ether oxygens (including phenoxy) is 1. The van der Waals surface area contributed by atoms with Gasteiger partial charge in [-0.05, 0) is 18.2 Å². The second kappa shape index (κ2) is 7.04. The van der Waals surface area contributed by atoms with Gasteiger partial charge in [0, 0.05) is 35.0 Å². The Labute approximate surface area is 122 Å². The average molecular weight is 288 g/mol. The molecule has 1 heterocycles. The molecule has 0 saturated heterocycles. The zero-order chi connectivity index (χ0) is 14.4. The predicted octanol–water partition coefficient (Wildman–Crippen LogP) is 2.06. The highest BCUT2D eigenvalue weighted by molar-refractivity contribution is 7.98. The topological polar surface area (TPSA) is 47.3 Å². The van der Waals surface area contributed by atoms with Crippen LogP contribution in [0.1, 0.15) is 11.1 Å². The molecule has 104 valence electrons. The van der Waals surface area contributed by atoms with Crippen LogP contribution in [0.5, 0.6) is 5.75 Å². The summed E-state index contributed by atoms with van der Waals surface area (Å²) in [4.78, 5) is 1.11.